The van der Waals surface area contributed by atoms with Crippen LogP contribution in [0.4, 0.5) is 8.78 Å². The maximum Gasteiger partial charge on any atom is 0.162 e. The molecule has 1 aliphatic rings. The fraction of sp³-hybridized carbons (Fsp3) is 0.545. The van der Waals surface area contributed by atoms with Crippen molar-refractivity contribution in [3.8, 4) is 0 Å². The van der Waals surface area contributed by atoms with Crippen molar-refractivity contribution >= 4 is 0 Å². The van der Waals surface area contributed by atoms with Crippen LogP contribution in [-0.2, 0) is 12.8 Å². The zero-order valence-electron chi connectivity index (χ0n) is 15.6. The summed E-state index contributed by atoms with van der Waals surface area (Å²) in [5.74, 6) is -1.36. The van der Waals surface area contributed by atoms with Crippen LogP contribution in [0.15, 0.2) is 35.4 Å². The summed E-state index contributed by atoms with van der Waals surface area (Å²) < 4.78 is 28.9. The molecular formula is C22H30F2. The van der Waals surface area contributed by atoms with Gasteiger partial charge in [0.25, 0.3) is 0 Å². The van der Waals surface area contributed by atoms with Gasteiger partial charge in [-0.05, 0) is 61.6 Å². The van der Waals surface area contributed by atoms with Gasteiger partial charge in [-0.1, -0.05) is 56.5 Å². The summed E-state index contributed by atoms with van der Waals surface area (Å²) in [7, 11) is 0. The number of unbranched alkanes of at least 4 members (excludes halogenated alkanes) is 1. The Bertz CT molecular complexity index is 648. The van der Waals surface area contributed by atoms with Gasteiger partial charge in [-0.2, -0.15) is 0 Å². The first-order chi connectivity index (χ1) is 11.3. The predicted octanol–water partition coefficient (Wildman–Crippen LogP) is 6.93. The van der Waals surface area contributed by atoms with E-state index in [1.54, 1.807) is 12.1 Å². The van der Waals surface area contributed by atoms with E-state index in [1.165, 1.54) is 24.8 Å². The number of hydrogen-bond acceptors (Lipinski definition) is 0. The van der Waals surface area contributed by atoms with Crippen molar-refractivity contribution < 1.29 is 8.78 Å². The summed E-state index contributed by atoms with van der Waals surface area (Å²) in [6.07, 6.45) is 6.46. The fourth-order valence-electron chi connectivity index (χ4n) is 3.57. The first-order valence-corrected chi connectivity index (χ1v) is 9.12. The lowest BCUT2D eigenvalue weighted by atomic mass is 9.64. The first-order valence-electron chi connectivity index (χ1n) is 9.12. The third-order valence-electron chi connectivity index (χ3n) is 5.74. The average molecular weight is 332 g/mol. The Kier molecular flexibility index (Phi) is 6.01. The van der Waals surface area contributed by atoms with Crippen LogP contribution in [0.2, 0.25) is 0 Å². The lowest BCUT2D eigenvalue weighted by Crippen LogP contribution is -2.28. The predicted molar refractivity (Wildman–Crippen MR) is 98.1 cm³/mol. The molecule has 0 bridgehead atoms. The van der Waals surface area contributed by atoms with Crippen molar-refractivity contribution in [2.75, 3.05) is 0 Å². The molecule has 1 fully saturated rings. The zero-order chi connectivity index (χ0) is 17.9. The smallest absolute Gasteiger partial charge is 0.162 e. The Labute approximate surface area is 145 Å². The van der Waals surface area contributed by atoms with Crippen LogP contribution in [-0.4, -0.2) is 0 Å². The van der Waals surface area contributed by atoms with Gasteiger partial charge in [0.15, 0.2) is 11.6 Å². The summed E-state index contributed by atoms with van der Waals surface area (Å²) in [4.78, 5) is 0. The highest BCUT2D eigenvalue weighted by Crippen LogP contribution is 2.48. The minimum Gasteiger partial charge on any atom is -0.203 e. The largest absolute Gasteiger partial charge is 0.203 e. The van der Waals surface area contributed by atoms with Gasteiger partial charge >= 0.3 is 0 Å². The van der Waals surface area contributed by atoms with Crippen LogP contribution in [0.5, 0.6) is 0 Å². The highest BCUT2D eigenvalue weighted by molar-refractivity contribution is 5.40. The molecule has 0 nitrogen and oxygen atoms in total. The summed E-state index contributed by atoms with van der Waals surface area (Å²) >= 11 is 0. The van der Waals surface area contributed by atoms with E-state index >= 15 is 0 Å². The van der Waals surface area contributed by atoms with Crippen molar-refractivity contribution in [2.24, 2.45) is 5.41 Å². The van der Waals surface area contributed by atoms with E-state index in [9.17, 15) is 8.78 Å². The molecule has 1 aliphatic carbocycles. The Morgan fingerprint density at radius 1 is 1.12 bits per heavy atom. The average Bonchev–Trinajstić information content (AvgIpc) is 2.52. The van der Waals surface area contributed by atoms with Crippen molar-refractivity contribution in [1.82, 2.24) is 0 Å². The second-order valence-electron chi connectivity index (χ2n) is 7.59. The second-order valence-corrected chi connectivity index (χ2v) is 7.59. The van der Waals surface area contributed by atoms with Crippen LogP contribution in [0, 0.1) is 17.0 Å². The third kappa shape index (κ3) is 3.79. The maximum absolute atomic E-state index is 14.5. The van der Waals surface area contributed by atoms with Crippen LogP contribution in [0.25, 0.3) is 0 Å². The van der Waals surface area contributed by atoms with E-state index in [0.29, 0.717) is 24.0 Å². The number of allylic oxidation sites excluding steroid dienone is 3. The maximum atomic E-state index is 14.5. The van der Waals surface area contributed by atoms with E-state index < -0.39 is 11.6 Å². The van der Waals surface area contributed by atoms with Gasteiger partial charge in [-0.3, -0.25) is 0 Å². The Morgan fingerprint density at radius 2 is 1.71 bits per heavy atom. The summed E-state index contributed by atoms with van der Waals surface area (Å²) in [5.41, 5.74) is 4.45. The molecule has 1 saturated carbocycles. The van der Waals surface area contributed by atoms with Gasteiger partial charge < -0.3 is 0 Å². The highest BCUT2D eigenvalue weighted by Gasteiger charge is 2.35. The van der Waals surface area contributed by atoms with Crippen molar-refractivity contribution in [2.45, 2.75) is 72.6 Å². The molecule has 0 aromatic heterocycles. The van der Waals surface area contributed by atoms with E-state index in [4.69, 9.17) is 0 Å². The Hall–Kier alpha value is -1.44. The minimum absolute atomic E-state index is 0.199. The SMILES string of the molecule is C=C(C)/C(Cc1ccc(CCCC)c(F)c1F)=C(\C)C1(C)CCC1. The quantitative estimate of drug-likeness (QED) is 0.475. The molecule has 0 unspecified atom stereocenters. The lowest BCUT2D eigenvalue weighted by Gasteiger charge is -2.41. The van der Waals surface area contributed by atoms with Gasteiger partial charge in [0, 0.05) is 6.42 Å². The molecule has 0 saturated heterocycles. The van der Waals surface area contributed by atoms with Crippen molar-refractivity contribution in [1.29, 1.82) is 0 Å². The Morgan fingerprint density at radius 3 is 2.21 bits per heavy atom. The molecule has 0 amide bonds. The molecule has 2 heteroatoms. The normalized spacial score (nSPS) is 17.2. The molecule has 0 heterocycles. The molecule has 132 valence electrons. The van der Waals surface area contributed by atoms with E-state index in [0.717, 1.165) is 24.0 Å². The van der Waals surface area contributed by atoms with Crippen molar-refractivity contribution in [3.05, 3.63) is 58.2 Å². The van der Waals surface area contributed by atoms with E-state index in [2.05, 4.69) is 27.4 Å². The summed E-state index contributed by atoms with van der Waals surface area (Å²) in [5, 5.41) is 0. The molecule has 0 aliphatic heterocycles. The topological polar surface area (TPSA) is 0 Å². The molecule has 0 atom stereocenters. The van der Waals surface area contributed by atoms with Gasteiger partial charge in [0.05, 0.1) is 0 Å². The number of aryl methyl sites for hydroxylation is 1. The van der Waals surface area contributed by atoms with Crippen LogP contribution >= 0.6 is 0 Å². The highest BCUT2D eigenvalue weighted by atomic mass is 19.2. The minimum atomic E-state index is -0.686. The van der Waals surface area contributed by atoms with Crippen LogP contribution < -0.4 is 0 Å². The Balaban J connectivity index is 2.32. The molecule has 0 radical (unpaired) electrons. The molecular weight excluding hydrogens is 302 g/mol. The summed E-state index contributed by atoms with van der Waals surface area (Å²) in [6.45, 7) is 12.5. The molecule has 0 spiro atoms. The third-order valence-corrected chi connectivity index (χ3v) is 5.74. The van der Waals surface area contributed by atoms with E-state index in [1.807, 2.05) is 6.92 Å². The zero-order valence-corrected chi connectivity index (χ0v) is 15.6. The number of rotatable bonds is 7. The monoisotopic (exact) mass is 332 g/mol. The van der Waals surface area contributed by atoms with Gasteiger partial charge in [0.1, 0.15) is 0 Å². The molecule has 24 heavy (non-hydrogen) atoms. The van der Waals surface area contributed by atoms with Gasteiger partial charge in [0.2, 0.25) is 0 Å². The fourth-order valence-corrected chi connectivity index (χ4v) is 3.57. The molecule has 1 aromatic carbocycles. The summed E-state index contributed by atoms with van der Waals surface area (Å²) in [6, 6.07) is 3.50. The standard InChI is InChI=1S/C22H30F2/c1-6-7-9-17-10-11-18(21(24)20(17)23)14-19(15(2)3)16(4)22(5)12-8-13-22/h10-11H,2,6-9,12-14H2,1,3-5H3/b19-16+. The molecule has 1 aromatic rings. The van der Waals surface area contributed by atoms with Gasteiger partial charge in [-0.15, -0.1) is 0 Å². The van der Waals surface area contributed by atoms with Crippen LogP contribution in [0.1, 0.15) is 70.9 Å². The van der Waals surface area contributed by atoms with Gasteiger partial charge in [-0.25, -0.2) is 8.78 Å². The number of benzene rings is 1. The van der Waals surface area contributed by atoms with E-state index in [-0.39, 0.29) is 5.41 Å². The molecule has 0 N–H and O–H groups in total. The lowest BCUT2D eigenvalue weighted by molar-refractivity contribution is 0.213. The van der Waals surface area contributed by atoms with Crippen molar-refractivity contribution in [3.63, 3.8) is 0 Å². The molecule has 2 rings (SSSR count). The second kappa shape index (κ2) is 7.63. The number of hydrogen-bond donors (Lipinski definition) is 0. The number of halogens is 2. The first kappa shape index (κ1) is 18.9. The van der Waals surface area contributed by atoms with Crippen LogP contribution in [0.3, 0.4) is 0 Å².